The van der Waals surface area contributed by atoms with Gasteiger partial charge in [-0.05, 0) is 41.8 Å². The molecule has 2 aromatic carbocycles. The van der Waals surface area contributed by atoms with Crippen molar-refractivity contribution in [3.05, 3.63) is 70.2 Å². The molecule has 0 aliphatic heterocycles. The second-order valence-corrected chi connectivity index (χ2v) is 7.72. The molecule has 1 N–H and O–H groups in total. The number of nitrogens with zero attached hydrogens (tertiary/aromatic N) is 2. The van der Waals surface area contributed by atoms with Gasteiger partial charge in [0.25, 0.3) is 0 Å². The molecule has 0 fully saturated rings. The molecule has 8 heteroatoms. The number of carbonyl (C=O) groups excluding carboxylic acids is 1. The molecule has 0 aliphatic rings. The van der Waals surface area contributed by atoms with Crippen LogP contribution >= 0.6 is 23.2 Å². The van der Waals surface area contributed by atoms with Crippen molar-refractivity contribution < 1.29 is 14.3 Å². The minimum absolute atomic E-state index is 0.137. The number of ether oxygens (including phenoxy) is 2. The van der Waals surface area contributed by atoms with Gasteiger partial charge in [-0.2, -0.15) is 0 Å². The first-order valence-corrected chi connectivity index (χ1v) is 10.0. The van der Waals surface area contributed by atoms with Gasteiger partial charge in [0.15, 0.2) is 5.75 Å². The predicted molar refractivity (Wildman–Crippen MR) is 118 cm³/mol. The van der Waals surface area contributed by atoms with Crippen molar-refractivity contribution in [3.63, 3.8) is 0 Å². The van der Waals surface area contributed by atoms with Crippen LogP contribution in [0.2, 0.25) is 10.0 Å². The van der Waals surface area contributed by atoms with Crippen molar-refractivity contribution >= 4 is 34.8 Å². The third kappa shape index (κ3) is 5.40. The fourth-order valence-electron chi connectivity index (χ4n) is 2.89. The fraction of sp³-hybridized carbons (Fsp3) is 0.227. The highest BCUT2D eigenvalue weighted by Gasteiger charge is 2.15. The SMILES string of the molecule is COc1ccc(Oc2c(Cl)cc(NC(=O)Cc3cncnc3)cc2Cl)cc1C(C)C. The third-order valence-corrected chi connectivity index (χ3v) is 4.87. The van der Waals surface area contributed by atoms with Crippen LogP contribution in [0.4, 0.5) is 5.69 Å². The van der Waals surface area contributed by atoms with Crippen LogP contribution in [0.1, 0.15) is 30.9 Å². The van der Waals surface area contributed by atoms with Crippen LogP contribution in [0.25, 0.3) is 0 Å². The van der Waals surface area contributed by atoms with Gasteiger partial charge in [-0.1, -0.05) is 37.0 Å². The summed E-state index contributed by atoms with van der Waals surface area (Å²) in [4.78, 5) is 20.0. The Morgan fingerprint density at radius 2 is 1.77 bits per heavy atom. The lowest BCUT2D eigenvalue weighted by Crippen LogP contribution is -2.14. The molecular formula is C22H21Cl2N3O3. The molecular weight excluding hydrogens is 425 g/mol. The van der Waals surface area contributed by atoms with Crippen molar-refractivity contribution in [2.24, 2.45) is 0 Å². The monoisotopic (exact) mass is 445 g/mol. The first-order valence-electron chi connectivity index (χ1n) is 9.26. The highest BCUT2D eigenvalue weighted by atomic mass is 35.5. The number of halogens is 2. The Morgan fingerprint density at radius 3 is 2.37 bits per heavy atom. The zero-order valence-corrected chi connectivity index (χ0v) is 18.3. The first-order chi connectivity index (χ1) is 14.4. The maximum absolute atomic E-state index is 12.2. The van der Waals surface area contributed by atoms with Gasteiger partial charge in [-0.3, -0.25) is 4.79 Å². The maximum Gasteiger partial charge on any atom is 0.228 e. The second-order valence-electron chi connectivity index (χ2n) is 6.90. The number of aromatic nitrogens is 2. The highest BCUT2D eigenvalue weighted by Crippen LogP contribution is 2.40. The van der Waals surface area contributed by atoms with Crippen LogP contribution in [0.15, 0.2) is 49.1 Å². The minimum Gasteiger partial charge on any atom is -0.496 e. The molecule has 3 rings (SSSR count). The van der Waals surface area contributed by atoms with Crippen LogP contribution in [0.3, 0.4) is 0 Å². The van der Waals surface area contributed by atoms with E-state index in [-0.39, 0.29) is 28.3 Å². The normalized spacial score (nSPS) is 10.7. The molecule has 0 saturated carbocycles. The summed E-state index contributed by atoms with van der Waals surface area (Å²) >= 11 is 12.8. The van der Waals surface area contributed by atoms with Crippen molar-refractivity contribution in [2.45, 2.75) is 26.2 Å². The van der Waals surface area contributed by atoms with E-state index in [1.165, 1.54) is 6.33 Å². The van der Waals surface area contributed by atoms with Crippen LogP contribution in [-0.2, 0) is 11.2 Å². The number of rotatable bonds is 7. The summed E-state index contributed by atoms with van der Waals surface area (Å²) in [6.07, 6.45) is 4.72. The van der Waals surface area contributed by atoms with Crippen LogP contribution < -0.4 is 14.8 Å². The number of hydrogen-bond acceptors (Lipinski definition) is 5. The number of anilines is 1. The van der Waals surface area contributed by atoms with Crippen molar-refractivity contribution in [3.8, 4) is 17.2 Å². The Kier molecular flexibility index (Phi) is 7.13. The first kappa shape index (κ1) is 21.9. The zero-order chi connectivity index (χ0) is 21.7. The molecule has 0 spiro atoms. The molecule has 6 nitrogen and oxygen atoms in total. The molecule has 1 aromatic heterocycles. The number of hydrogen-bond donors (Lipinski definition) is 1. The Labute approximate surface area is 185 Å². The van der Waals surface area contributed by atoms with Gasteiger partial charge in [0.2, 0.25) is 5.91 Å². The summed E-state index contributed by atoms with van der Waals surface area (Å²) in [6.45, 7) is 4.14. The van der Waals surface area contributed by atoms with Gasteiger partial charge in [0.05, 0.1) is 23.6 Å². The van der Waals surface area contributed by atoms with E-state index in [2.05, 4.69) is 29.1 Å². The van der Waals surface area contributed by atoms with Gasteiger partial charge in [-0.25, -0.2) is 9.97 Å². The van der Waals surface area contributed by atoms with Crippen molar-refractivity contribution in [2.75, 3.05) is 12.4 Å². The van der Waals surface area contributed by atoms with E-state index < -0.39 is 0 Å². The summed E-state index contributed by atoms with van der Waals surface area (Å²) in [6, 6.07) is 8.71. The quantitative estimate of drug-likeness (QED) is 0.490. The Morgan fingerprint density at radius 1 is 1.10 bits per heavy atom. The minimum atomic E-state index is -0.234. The maximum atomic E-state index is 12.2. The molecule has 0 radical (unpaired) electrons. The Balaban J connectivity index is 1.76. The molecule has 0 aliphatic carbocycles. The van der Waals surface area contributed by atoms with Gasteiger partial charge in [0.1, 0.15) is 17.8 Å². The van der Waals surface area contributed by atoms with E-state index >= 15 is 0 Å². The lowest BCUT2D eigenvalue weighted by atomic mass is 10.0. The van der Waals surface area contributed by atoms with Crippen molar-refractivity contribution in [1.82, 2.24) is 9.97 Å². The van der Waals surface area contributed by atoms with E-state index in [1.807, 2.05) is 12.1 Å². The molecule has 3 aromatic rings. The average Bonchev–Trinajstić information content (AvgIpc) is 2.71. The van der Waals surface area contributed by atoms with Crippen LogP contribution in [0, 0.1) is 0 Å². The molecule has 30 heavy (non-hydrogen) atoms. The number of amides is 1. The largest absolute Gasteiger partial charge is 0.496 e. The Hall–Kier alpha value is -2.83. The summed E-state index contributed by atoms with van der Waals surface area (Å²) in [7, 11) is 1.63. The topological polar surface area (TPSA) is 73.3 Å². The molecule has 1 amide bonds. The van der Waals surface area contributed by atoms with E-state index in [4.69, 9.17) is 32.7 Å². The van der Waals surface area contributed by atoms with Gasteiger partial charge in [-0.15, -0.1) is 0 Å². The van der Waals surface area contributed by atoms with Crippen LogP contribution in [0.5, 0.6) is 17.2 Å². The van der Waals surface area contributed by atoms with Gasteiger partial charge >= 0.3 is 0 Å². The predicted octanol–water partition coefficient (Wildman–Crippen LogP) is 5.89. The second kappa shape index (κ2) is 9.78. The lowest BCUT2D eigenvalue weighted by molar-refractivity contribution is -0.115. The fourth-order valence-corrected chi connectivity index (χ4v) is 3.45. The van der Waals surface area contributed by atoms with E-state index in [0.29, 0.717) is 22.7 Å². The Bertz CT molecular complexity index is 1020. The summed E-state index contributed by atoms with van der Waals surface area (Å²) in [5.41, 5.74) is 2.18. The highest BCUT2D eigenvalue weighted by molar-refractivity contribution is 6.37. The van der Waals surface area contributed by atoms with E-state index in [1.54, 1.807) is 37.7 Å². The summed E-state index contributed by atoms with van der Waals surface area (Å²) in [5.74, 6) is 1.71. The van der Waals surface area contributed by atoms with Gasteiger partial charge < -0.3 is 14.8 Å². The number of carbonyl (C=O) groups is 1. The van der Waals surface area contributed by atoms with E-state index in [9.17, 15) is 4.79 Å². The molecule has 0 saturated heterocycles. The summed E-state index contributed by atoms with van der Waals surface area (Å²) < 4.78 is 11.3. The standard InChI is InChI=1S/C22H21Cl2N3O3/c1-13(2)17-9-16(4-5-20(17)29-3)30-22-18(23)7-15(8-19(22)24)27-21(28)6-14-10-25-12-26-11-14/h4-5,7-13H,6H2,1-3H3,(H,27,28). The van der Waals surface area contributed by atoms with E-state index in [0.717, 1.165) is 11.3 Å². The summed E-state index contributed by atoms with van der Waals surface area (Å²) in [5, 5.41) is 3.33. The smallest absolute Gasteiger partial charge is 0.228 e. The van der Waals surface area contributed by atoms with Gasteiger partial charge in [0, 0.05) is 23.6 Å². The third-order valence-electron chi connectivity index (χ3n) is 4.30. The molecule has 1 heterocycles. The van der Waals surface area contributed by atoms with Crippen molar-refractivity contribution in [1.29, 1.82) is 0 Å². The number of methoxy groups -OCH3 is 1. The average molecular weight is 446 g/mol. The molecule has 156 valence electrons. The van der Waals surface area contributed by atoms with Crippen LogP contribution in [-0.4, -0.2) is 23.0 Å². The lowest BCUT2D eigenvalue weighted by Gasteiger charge is -2.16. The molecule has 0 atom stereocenters. The molecule has 0 unspecified atom stereocenters. The number of benzene rings is 2. The number of nitrogens with one attached hydrogen (secondary N) is 1. The zero-order valence-electron chi connectivity index (χ0n) is 16.8. The molecule has 0 bridgehead atoms.